The van der Waals surface area contributed by atoms with Gasteiger partial charge < -0.3 is 15.2 Å². The Kier molecular flexibility index (Phi) is 5.08. The Labute approximate surface area is 130 Å². The smallest absolute Gasteiger partial charge is 0.125 e. The van der Waals surface area contributed by atoms with E-state index in [0.29, 0.717) is 0 Å². The molecule has 3 N–H and O–H groups in total. The highest BCUT2D eigenvalue weighted by Crippen LogP contribution is 2.28. The number of aliphatic hydroxyl groups is 1. The summed E-state index contributed by atoms with van der Waals surface area (Å²) < 4.78 is 5.96. The number of aliphatic hydroxyl groups excluding tert-OH is 1. The van der Waals surface area contributed by atoms with Crippen LogP contribution >= 0.6 is 0 Å². The predicted octanol–water partition coefficient (Wildman–Crippen LogP) is 2.11. The van der Waals surface area contributed by atoms with Crippen molar-refractivity contribution in [3.05, 3.63) is 48.3 Å². The number of para-hydroxylation sites is 1. The van der Waals surface area contributed by atoms with E-state index >= 15 is 0 Å². The molecule has 1 aliphatic rings. The fourth-order valence-corrected chi connectivity index (χ4v) is 3.03. The zero-order chi connectivity index (χ0) is 15.2. The molecule has 1 aliphatic carbocycles. The van der Waals surface area contributed by atoms with Gasteiger partial charge >= 0.3 is 0 Å². The molecular formula is C17H23N3O2. The highest BCUT2D eigenvalue weighted by Gasteiger charge is 2.32. The summed E-state index contributed by atoms with van der Waals surface area (Å²) in [5.41, 5.74) is 1.06. The van der Waals surface area contributed by atoms with Gasteiger partial charge in [0.15, 0.2) is 0 Å². The van der Waals surface area contributed by atoms with Gasteiger partial charge in [-0.15, -0.1) is 0 Å². The van der Waals surface area contributed by atoms with E-state index in [9.17, 15) is 5.11 Å². The van der Waals surface area contributed by atoms with Gasteiger partial charge in [0, 0.05) is 30.9 Å². The zero-order valence-electron chi connectivity index (χ0n) is 12.6. The molecule has 118 valence electrons. The Morgan fingerprint density at radius 3 is 2.86 bits per heavy atom. The molecule has 1 saturated carbocycles. The molecular weight excluding hydrogens is 278 g/mol. The topological polar surface area (TPSA) is 70.2 Å². The van der Waals surface area contributed by atoms with E-state index in [1.54, 1.807) is 6.20 Å². The molecule has 2 aromatic rings. The number of hydrogen-bond donors (Lipinski definition) is 3. The van der Waals surface area contributed by atoms with Gasteiger partial charge in [-0.2, -0.15) is 5.10 Å². The summed E-state index contributed by atoms with van der Waals surface area (Å²) in [6, 6.07) is 11.7. The van der Waals surface area contributed by atoms with Crippen molar-refractivity contribution in [1.82, 2.24) is 15.5 Å². The lowest BCUT2D eigenvalue weighted by atomic mass is 9.84. The van der Waals surface area contributed by atoms with Crippen molar-refractivity contribution in [2.24, 2.45) is 5.92 Å². The number of nitrogens with one attached hydrogen (secondary N) is 2. The van der Waals surface area contributed by atoms with Gasteiger partial charge in [0.1, 0.15) is 11.9 Å². The van der Waals surface area contributed by atoms with Crippen molar-refractivity contribution in [2.45, 2.75) is 38.0 Å². The van der Waals surface area contributed by atoms with Crippen molar-refractivity contribution < 1.29 is 9.84 Å². The van der Waals surface area contributed by atoms with Crippen LogP contribution < -0.4 is 10.1 Å². The van der Waals surface area contributed by atoms with Crippen LogP contribution in [-0.2, 0) is 6.54 Å². The van der Waals surface area contributed by atoms with Crippen LogP contribution in [0, 0.1) is 5.92 Å². The van der Waals surface area contributed by atoms with Crippen LogP contribution in [0.3, 0.4) is 0 Å². The Morgan fingerprint density at radius 1 is 1.23 bits per heavy atom. The first-order valence-electron chi connectivity index (χ1n) is 7.91. The first-order valence-corrected chi connectivity index (χ1v) is 7.91. The maximum absolute atomic E-state index is 10.6. The highest BCUT2D eigenvalue weighted by molar-refractivity contribution is 5.21. The average Bonchev–Trinajstić information content (AvgIpc) is 3.05. The van der Waals surface area contributed by atoms with Gasteiger partial charge in [0.25, 0.3) is 0 Å². The van der Waals surface area contributed by atoms with Crippen LogP contribution in [-0.4, -0.2) is 34.1 Å². The van der Waals surface area contributed by atoms with Gasteiger partial charge in [-0.3, -0.25) is 5.10 Å². The van der Waals surface area contributed by atoms with Crippen LogP contribution in [0.5, 0.6) is 5.75 Å². The number of benzene rings is 1. The maximum atomic E-state index is 10.6. The van der Waals surface area contributed by atoms with Gasteiger partial charge in [-0.1, -0.05) is 18.2 Å². The summed E-state index contributed by atoms with van der Waals surface area (Å²) in [5, 5.41) is 20.8. The Morgan fingerprint density at radius 2 is 2.09 bits per heavy atom. The van der Waals surface area contributed by atoms with Crippen LogP contribution in [0.2, 0.25) is 0 Å². The molecule has 0 spiro atoms. The lowest BCUT2D eigenvalue weighted by molar-refractivity contribution is -0.0306. The molecule has 3 atom stereocenters. The molecule has 22 heavy (non-hydrogen) atoms. The van der Waals surface area contributed by atoms with E-state index in [2.05, 4.69) is 15.5 Å². The molecule has 1 fully saturated rings. The summed E-state index contributed by atoms with van der Waals surface area (Å²) in [4.78, 5) is 0. The summed E-state index contributed by atoms with van der Waals surface area (Å²) in [5.74, 6) is 1.06. The molecule has 1 aromatic carbocycles. The normalized spacial score (nSPS) is 25.0. The fraction of sp³-hybridized carbons (Fsp3) is 0.471. The summed E-state index contributed by atoms with van der Waals surface area (Å²) in [6.07, 6.45) is 4.23. The van der Waals surface area contributed by atoms with E-state index < -0.39 is 6.10 Å². The summed E-state index contributed by atoms with van der Waals surface area (Å²) in [6.45, 7) is 1.53. The molecule has 1 heterocycles. The molecule has 0 unspecified atom stereocenters. The first-order chi connectivity index (χ1) is 10.8. The van der Waals surface area contributed by atoms with Crippen molar-refractivity contribution in [2.75, 3.05) is 6.54 Å². The second-order valence-corrected chi connectivity index (χ2v) is 5.86. The molecule has 1 aromatic heterocycles. The lowest BCUT2D eigenvalue weighted by Crippen LogP contribution is -2.44. The molecule has 0 saturated heterocycles. The summed E-state index contributed by atoms with van der Waals surface area (Å²) in [7, 11) is 0. The minimum atomic E-state index is -0.428. The number of ether oxygens (including phenoxy) is 1. The Hall–Kier alpha value is -1.85. The first kappa shape index (κ1) is 15.1. The van der Waals surface area contributed by atoms with Crippen molar-refractivity contribution in [3.63, 3.8) is 0 Å². The third-order valence-corrected chi connectivity index (χ3v) is 4.24. The van der Waals surface area contributed by atoms with E-state index in [-0.39, 0.29) is 12.0 Å². The minimum absolute atomic E-state index is 0.116. The Bertz CT molecular complexity index is 544. The third kappa shape index (κ3) is 3.87. The second-order valence-electron chi connectivity index (χ2n) is 5.86. The lowest BCUT2D eigenvalue weighted by Gasteiger charge is -2.35. The molecule has 0 amide bonds. The zero-order valence-corrected chi connectivity index (χ0v) is 12.6. The van der Waals surface area contributed by atoms with Gasteiger partial charge in [-0.05, 0) is 37.5 Å². The predicted molar refractivity (Wildman–Crippen MR) is 84.5 cm³/mol. The number of aromatic nitrogens is 2. The van der Waals surface area contributed by atoms with Crippen molar-refractivity contribution in [1.29, 1.82) is 0 Å². The third-order valence-electron chi connectivity index (χ3n) is 4.24. The van der Waals surface area contributed by atoms with Crippen LogP contribution in [0.25, 0.3) is 0 Å². The van der Waals surface area contributed by atoms with Gasteiger partial charge in [-0.25, -0.2) is 0 Å². The number of nitrogens with zero attached hydrogens (tertiary/aromatic N) is 1. The minimum Gasteiger partial charge on any atom is -0.488 e. The van der Waals surface area contributed by atoms with Gasteiger partial charge in [0.2, 0.25) is 0 Å². The quantitative estimate of drug-likeness (QED) is 0.764. The standard InChI is InChI=1S/C17H23N3O2/c21-17-13(11-18-12-14-9-10-19-20-14)5-4-8-16(17)22-15-6-2-1-3-7-15/h1-3,6-7,9-10,13,16-18,21H,4-5,8,11-12H2,(H,19,20)/t13-,16-,17-/m1/s1. The summed E-state index contributed by atoms with van der Waals surface area (Å²) >= 11 is 0. The molecule has 0 radical (unpaired) electrons. The van der Waals surface area contributed by atoms with E-state index in [1.165, 1.54) is 0 Å². The second kappa shape index (κ2) is 7.42. The van der Waals surface area contributed by atoms with Gasteiger partial charge in [0.05, 0.1) is 6.10 Å². The van der Waals surface area contributed by atoms with E-state index in [4.69, 9.17) is 4.74 Å². The van der Waals surface area contributed by atoms with Crippen molar-refractivity contribution >= 4 is 0 Å². The molecule has 5 heteroatoms. The van der Waals surface area contributed by atoms with E-state index in [0.717, 1.165) is 43.8 Å². The average molecular weight is 301 g/mol. The van der Waals surface area contributed by atoms with Crippen molar-refractivity contribution in [3.8, 4) is 5.75 Å². The fourth-order valence-electron chi connectivity index (χ4n) is 3.03. The van der Waals surface area contributed by atoms with E-state index in [1.807, 2.05) is 36.4 Å². The van der Waals surface area contributed by atoms with Crippen LogP contribution in [0.15, 0.2) is 42.6 Å². The Balaban J connectivity index is 1.50. The maximum Gasteiger partial charge on any atom is 0.125 e. The highest BCUT2D eigenvalue weighted by atomic mass is 16.5. The SMILES string of the molecule is O[C@@H]1[C@@H](CNCc2ccn[nH]2)CCC[C@H]1Oc1ccccc1. The molecule has 5 nitrogen and oxygen atoms in total. The number of rotatable bonds is 6. The monoisotopic (exact) mass is 301 g/mol. The number of hydrogen-bond acceptors (Lipinski definition) is 4. The van der Waals surface area contributed by atoms with Crippen LogP contribution in [0.1, 0.15) is 25.0 Å². The van der Waals surface area contributed by atoms with Crippen LogP contribution in [0.4, 0.5) is 0 Å². The molecule has 0 bridgehead atoms. The largest absolute Gasteiger partial charge is 0.488 e. The number of H-pyrrole nitrogens is 1. The molecule has 3 rings (SSSR count). The molecule has 0 aliphatic heterocycles. The number of aromatic amines is 1.